The van der Waals surface area contributed by atoms with Crippen LogP contribution in [0.3, 0.4) is 0 Å². The van der Waals surface area contributed by atoms with Crippen LogP contribution in [-0.4, -0.2) is 18.0 Å². The quantitative estimate of drug-likeness (QED) is 0.862. The summed E-state index contributed by atoms with van der Waals surface area (Å²) in [4.78, 5) is 2.55. The van der Waals surface area contributed by atoms with Gasteiger partial charge in [0.25, 0.3) is 0 Å². The van der Waals surface area contributed by atoms with Gasteiger partial charge in [-0.15, -0.1) is 0 Å². The molecule has 2 aromatic carbocycles. The standard InChI is InChI=1S/C18H22N2/c1-18(16-7-9-17(19)10-8-16)11-12-20(14-18)13-15-5-3-2-4-6-15/h2-10H,11-14,19H2,1H3. The van der Waals surface area contributed by atoms with Crippen molar-refractivity contribution in [3.63, 3.8) is 0 Å². The molecule has 1 fully saturated rings. The highest BCUT2D eigenvalue weighted by molar-refractivity contribution is 5.42. The van der Waals surface area contributed by atoms with Crippen LogP contribution in [0.1, 0.15) is 24.5 Å². The Bertz CT molecular complexity index is 562. The number of anilines is 1. The third-order valence-electron chi connectivity index (χ3n) is 4.41. The Morgan fingerprint density at radius 1 is 1.05 bits per heavy atom. The molecule has 0 spiro atoms. The lowest BCUT2D eigenvalue weighted by atomic mass is 9.82. The fourth-order valence-corrected chi connectivity index (χ4v) is 3.15. The van der Waals surface area contributed by atoms with E-state index in [1.165, 1.54) is 17.5 Å². The zero-order chi connectivity index (χ0) is 14.0. The molecule has 20 heavy (non-hydrogen) atoms. The van der Waals surface area contributed by atoms with Gasteiger partial charge < -0.3 is 5.73 Å². The van der Waals surface area contributed by atoms with E-state index >= 15 is 0 Å². The number of nitrogens with two attached hydrogens (primary N) is 1. The van der Waals surface area contributed by atoms with Crippen LogP contribution in [-0.2, 0) is 12.0 Å². The van der Waals surface area contributed by atoms with Gasteiger partial charge in [0.2, 0.25) is 0 Å². The third-order valence-corrected chi connectivity index (χ3v) is 4.41. The topological polar surface area (TPSA) is 29.3 Å². The van der Waals surface area contributed by atoms with Crippen molar-refractivity contribution in [1.29, 1.82) is 0 Å². The van der Waals surface area contributed by atoms with Gasteiger partial charge in [0.1, 0.15) is 0 Å². The summed E-state index contributed by atoms with van der Waals surface area (Å²) >= 11 is 0. The first-order chi connectivity index (χ1) is 9.66. The van der Waals surface area contributed by atoms with E-state index in [0.717, 1.165) is 25.3 Å². The number of hydrogen-bond donors (Lipinski definition) is 1. The Kier molecular flexibility index (Phi) is 3.49. The van der Waals surface area contributed by atoms with Crippen LogP contribution in [0, 0.1) is 0 Å². The molecule has 0 radical (unpaired) electrons. The highest BCUT2D eigenvalue weighted by Crippen LogP contribution is 2.35. The SMILES string of the molecule is CC1(c2ccc(N)cc2)CCN(Cc2ccccc2)C1. The molecule has 0 saturated carbocycles. The molecule has 2 aromatic rings. The Morgan fingerprint density at radius 3 is 2.45 bits per heavy atom. The predicted molar refractivity (Wildman–Crippen MR) is 84.5 cm³/mol. The maximum absolute atomic E-state index is 5.79. The first-order valence-electron chi connectivity index (χ1n) is 7.28. The van der Waals surface area contributed by atoms with Gasteiger partial charge in [-0.05, 0) is 36.2 Å². The van der Waals surface area contributed by atoms with Gasteiger partial charge in [0.05, 0.1) is 0 Å². The summed E-state index contributed by atoms with van der Waals surface area (Å²) in [5.74, 6) is 0. The average Bonchev–Trinajstić information content (AvgIpc) is 2.83. The van der Waals surface area contributed by atoms with Gasteiger partial charge in [0.15, 0.2) is 0 Å². The Morgan fingerprint density at radius 2 is 1.75 bits per heavy atom. The molecule has 1 aliphatic rings. The van der Waals surface area contributed by atoms with E-state index in [1.807, 2.05) is 12.1 Å². The minimum Gasteiger partial charge on any atom is -0.399 e. The van der Waals surface area contributed by atoms with E-state index < -0.39 is 0 Å². The molecule has 0 aromatic heterocycles. The fraction of sp³-hybridized carbons (Fsp3) is 0.333. The van der Waals surface area contributed by atoms with Crippen molar-refractivity contribution < 1.29 is 0 Å². The van der Waals surface area contributed by atoms with Crippen molar-refractivity contribution >= 4 is 5.69 Å². The minimum atomic E-state index is 0.252. The van der Waals surface area contributed by atoms with Gasteiger partial charge in [-0.3, -0.25) is 4.90 Å². The van der Waals surface area contributed by atoms with Crippen molar-refractivity contribution in [2.45, 2.75) is 25.3 Å². The number of hydrogen-bond acceptors (Lipinski definition) is 2. The van der Waals surface area contributed by atoms with Crippen molar-refractivity contribution in [2.24, 2.45) is 0 Å². The van der Waals surface area contributed by atoms with Crippen molar-refractivity contribution in [3.8, 4) is 0 Å². The molecule has 0 bridgehead atoms. The minimum absolute atomic E-state index is 0.252. The molecule has 3 rings (SSSR count). The average molecular weight is 266 g/mol. The van der Waals surface area contributed by atoms with Crippen LogP contribution in [0.25, 0.3) is 0 Å². The zero-order valence-corrected chi connectivity index (χ0v) is 12.0. The van der Waals surface area contributed by atoms with Gasteiger partial charge in [-0.2, -0.15) is 0 Å². The normalized spacial score (nSPS) is 23.1. The molecule has 1 heterocycles. The van der Waals surface area contributed by atoms with E-state index in [9.17, 15) is 0 Å². The summed E-state index contributed by atoms with van der Waals surface area (Å²) in [6.45, 7) is 5.69. The molecule has 1 aliphatic heterocycles. The largest absolute Gasteiger partial charge is 0.399 e. The van der Waals surface area contributed by atoms with Crippen LogP contribution in [0.4, 0.5) is 5.69 Å². The number of benzene rings is 2. The lowest BCUT2D eigenvalue weighted by Crippen LogP contribution is -2.28. The van der Waals surface area contributed by atoms with Crippen LogP contribution < -0.4 is 5.73 Å². The first kappa shape index (κ1) is 13.2. The molecular weight excluding hydrogens is 244 g/mol. The number of nitrogens with zero attached hydrogens (tertiary/aromatic N) is 1. The maximum atomic E-state index is 5.79. The van der Waals surface area contributed by atoms with E-state index in [0.29, 0.717) is 0 Å². The molecule has 0 aliphatic carbocycles. The third kappa shape index (κ3) is 2.70. The molecule has 1 atom stereocenters. The van der Waals surface area contributed by atoms with E-state index in [2.05, 4.69) is 54.3 Å². The van der Waals surface area contributed by atoms with Gasteiger partial charge in [0, 0.05) is 24.2 Å². The van der Waals surface area contributed by atoms with Crippen molar-refractivity contribution in [1.82, 2.24) is 4.90 Å². The predicted octanol–water partition coefficient (Wildman–Crippen LogP) is 3.43. The van der Waals surface area contributed by atoms with E-state index in [-0.39, 0.29) is 5.41 Å². The van der Waals surface area contributed by atoms with Gasteiger partial charge in [-0.1, -0.05) is 49.4 Å². The number of likely N-dealkylation sites (tertiary alicyclic amines) is 1. The Hall–Kier alpha value is -1.80. The summed E-state index contributed by atoms with van der Waals surface area (Å²) in [6.07, 6.45) is 1.21. The van der Waals surface area contributed by atoms with Crippen LogP contribution in [0.2, 0.25) is 0 Å². The summed E-state index contributed by atoms with van der Waals surface area (Å²) in [6, 6.07) is 19.1. The molecule has 0 amide bonds. The van der Waals surface area contributed by atoms with Crippen LogP contribution >= 0.6 is 0 Å². The number of nitrogen functional groups attached to an aromatic ring is 1. The summed E-state index contributed by atoms with van der Waals surface area (Å²) in [7, 11) is 0. The lowest BCUT2D eigenvalue weighted by molar-refractivity contribution is 0.309. The van der Waals surface area contributed by atoms with E-state index in [1.54, 1.807) is 0 Å². The monoisotopic (exact) mass is 266 g/mol. The molecule has 2 N–H and O–H groups in total. The second kappa shape index (κ2) is 5.29. The summed E-state index contributed by atoms with van der Waals surface area (Å²) in [5.41, 5.74) is 9.69. The van der Waals surface area contributed by atoms with Crippen molar-refractivity contribution in [2.75, 3.05) is 18.8 Å². The smallest absolute Gasteiger partial charge is 0.0314 e. The highest BCUT2D eigenvalue weighted by Gasteiger charge is 2.34. The summed E-state index contributed by atoms with van der Waals surface area (Å²) in [5, 5.41) is 0. The molecule has 2 heteroatoms. The maximum Gasteiger partial charge on any atom is 0.0314 e. The molecule has 1 saturated heterocycles. The van der Waals surface area contributed by atoms with Gasteiger partial charge in [-0.25, -0.2) is 0 Å². The lowest BCUT2D eigenvalue weighted by Gasteiger charge is -2.25. The fourth-order valence-electron chi connectivity index (χ4n) is 3.15. The first-order valence-corrected chi connectivity index (χ1v) is 7.28. The highest BCUT2D eigenvalue weighted by atomic mass is 15.2. The van der Waals surface area contributed by atoms with Gasteiger partial charge >= 0.3 is 0 Å². The molecular formula is C18H22N2. The number of rotatable bonds is 3. The second-order valence-corrected chi connectivity index (χ2v) is 6.13. The Balaban J connectivity index is 1.71. The van der Waals surface area contributed by atoms with Crippen LogP contribution in [0.5, 0.6) is 0 Å². The van der Waals surface area contributed by atoms with Crippen molar-refractivity contribution in [3.05, 3.63) is 65.7 Å². The molecule has 1 unspecified atom stereocenters. The Labute approximate surface area is 121 Å². The second-order valence-electron chi connectivity index (χ2n) is 6.13. The van der Waals surface area contributed by atoms with E-state index in [4.69, 9.17) is 5.73 Å². The zero-order valence-electron chi connectivity index (χ0n) is 12.0. The van der Waals surface area contributed by atoms with Crippen LogP contribution in [0.15, 0.2) is 54.6 Å². The summed E-state index contributed by atoms with van der Waals surface area (Å²) < 4.78 is 0. The molecule has 2 nitrogen and oxygen atoms in total. The molecule has 104 valence electrons.